The van der Waals surface area contributed by atoms with Crippen molar-refractivity contribution in [3.63, 3.8) is 0 Å². The molecule has 0 aromatic heterocycles. The van der Waals surface area contributed by atoms with Crippen LogP contribution in [0.1, 0.15) is 12.5 Å². The van der Waals surface area contributed by atoms with Gasteiger partial charge in [0.2, 0.25) is 5.91 Å². The van der Waals surface area contributed by atoms with E-state index in [0.29, 0.717) is 25.3 Å². The second-order valence-corrected chi connectivity index (χ2v) is 5.94. The van der Waals surface area contributed by atoms with Gasteiger partial charge in [-0.05, 0) is 36.8 Å². The number of para-hydroxylation sites is 1. The third kappa shape index (κ3) is 3.26. The van der Waals surface area contributed by atoms with Crippen molar-refractivity contribution >= 4 is 11.6 Å². The second-order valence-electron chi connectivity index (χ2n) is 5.94. The Labute approximate surface area is 141 Å². The van der Waals surface area contributed by atoms with E-state index in [-0.39, 0.29) is 17.8 Å². The number of methoxy groups -OCH3 is 1. The van der Waals surface area contributed by atoms with Crippen molar-refractivity contribution in [2.24, 2.45) is 0 Å². The fourth-order valence-corrected chi connectivity index (χ4v) is 3.01. The highest BCUT2D eigenvalue weighted by molar-refractivity contribution is 5.97. The molecule has 3 rings (SSSR count). The molecule has 1 heterocycles. The fraction of sp³-hybridized carbons (Fsp3) is 0.316. The monoisotopic (exact) mass is 328 g/mol. The van der Waals surface area contributed by atoms with E-state index in [1.54, 1.807) is 30.2 Å². The molecule has 24 heavy (non-hydrogen) atoms. The summed E-state index contributed by atoms with van der Waals surface area (Å²) in [5.74, 6) is 0.383. The number of piperazine rings is 1. The Morgan fingerprint density at radius 1 is 1.12 bits per heavy atom. The number of ether oxygens (including phenoxy) is 1. The third-order valence-electron chi connectivity index (χ3n) is 4.47. The molecule has 2 aromatic rings. The van der Waals surface area contributed by atoms with Crippen LogP contribution in [0.5, 0.6) is 5.75 Å². The topological polar surface area (TPSA) is 32.8 Å². The fourth-order valence-electron chi connectivity index (χ4n) is 3.01. The van der Waals surface area contributed by atoms with Gasteiger partial charge >= 0.3 is 0 Å². The van der Waals surface area contributed by atoms with Crippen molar-refractivity contribution < 1.29 is 13.9 Å². The molecule has 0 N–H and O–H groups in total. The standard InChI is InChI=1S/C19H21FN2O2/c1-14-19(23)22(18-6-4-3-5-17(18)20)12-11-21(14)13-15-7-9-16(24-2)10-8-15/h3-10,14H,11-13H2,1-2H3. The molecule has 1 unspecified atom stereocenters. The van der Waals surface area contributed by atoms with Gasteiger partial charge < -0.3 is 9.64 Å². The Morgan fingerprint density at radius 3 is 2.50 bits per heavy atom. The van der Waals surface area contributed by atoms with E-state index < -0.39 is 0 Å². The summed E-state index contributed by atoms with van der Waals surface area (Å²) in [5, 5.41) is 0. The van der Waals surface area contributed by atoms with Crippen LogP contribution >= 0.6 is 0 Å². The molecule has 0 bridgehead atoms. The van der Waals surface area contributed by atoms with Crippen molar-refractivity contribution in [2.45, 2.75) is 19.5 Å². The van der Waals surface area contributed by atoms with Crippen LogP contribution in [0.3, 0.4) is 0 Å². The lowest BCUT2D eigenvalue weighted by atomic mass is 10.1. The van der Waals surface area contributed by atoms with Crippen LogP contribution in [0.25, 0.3) is 0 Å². The largest absolute Gasteiger partial charge is 0.497 e. The molecule has 126 valence electrons. The summed E-state index contributed by atoms with van der Waals surface area (Å²) < 4.78 is 19.1. The number of halogens is 1. The van der Waals surface area contributed by atoms with Crippen LogP contribution in [0.15, 0.2) is 48.5 Å². The Morgan fingerprint density at radius 2 is 1.83 bits per heavy atom. The van der Waals surface area contributed by atoms with E-state index >= 15 is 0 Å². The highest BCUT2D eigenvalue weighted by atomic mass is 19.1. The first-order valence-electron chi connectivity index (χ1n) is 8.03. The molecular weight excluding hydrogens is 307 g/mol. The van der Waals surface area contributed by atoms with Crippen molar-refractivity contribution in [3.05, 3.63) is 59.9 Å². The van der Waals surface area contributed by atoms with Gasteiger partial charge in [0, 0.05) is 19.6 Å². The van der Waals surface area contributed by atoms with Crippen LogP contribution in [0.2, 0.25) is 0 Å². The Hall–Kier alpha value is -2.40. The molecule has 0 radical (unpaired) electrons. The predicted octanol–water partition coefficient (Wildman–Crippen LogP) is 3.07. The highest BCUT2D eigenvalue weighted by Gasteiger charge is 2.33. The number of anilines is 1. The number of carbonyl (C=O) groups is 1. The number of hydrogen-bond acceptors (Lipinski definition) is 3. The van der Waals surface area contributed by atoms with Gasteiger partial charge in [-0.3, -0.25) is 9.69 Å². The van der Waals surface area contributed by atoms with Gasteiger partial charge in [0.05, 0.1) is 18.8 Å². The summed E-state index contributed by atoms with van der Waals surface area (Å²) >= 11 is 0. The normalized spacial score (nSPS) is 18.7. The summed E-state index contributed by atoms with van der Waals surface area (Å²) in [6.07, 6.45) is 0. The summed E-state index contributed by atoms with van der Waals surface area (Å²) in [4.78, 5) is 16.3. The number of nitrogens with zero attached hydrogens (tertiary/aromatic N) is 2. The third-order valence-corrected chi connectivity index (χ3v) is 4.47. The van der Waals surface area contributed by atoms with Crippen LogP contribution in [-0.4, -0.2) is 37.0 Å². The molecule has 1 fully saturated rings. The lowest BCUT2D eigenvalue weighted by Crippen LogP contribution is -2.55. The zero-order chi connectivity index (χ0) is 17.1. The molecule has 0 aliphatic carbocycles. The van der Waals surface area contributed by atoms with Crippen LogP contribution < -0.4 is 9.64 Å². The maximum Gasteiger partial charge on any atom is 0.244 e. The van der Waals surface area contributed by atoms with Gasteiger partial charge in [0.25, 0.3) is 0 Å². The van der Waals surface area contributed by atoms with Crippen molar-refractivity contribution in [1.82, 2.24) is 4.90 Å². The van der Waals surface area contributed by atoms with Gasteiger partial charge in [0.1, 0.15) is 11.6 Å². The molecular formula is C19H21FN2O2. The van der Waals surface area contributed by atoms with E-state index in [1.165, 1.54) is 6.07 Å². The van der Waals surface area contributed by atoms with E-state index in [1.807, 2.05) is 31.2 Å². The Balaban J connectivity index is 1.71. The van der Waals surface area contributed by atoms with Crippen molar-refractivity contribution in [2.75, 3.05) is 25.1 Å². The molecule has 0 saturated carbocycles. The van der Waals surface area contributed by atoms with Crippen molar-refractivity contribution in [1.29, 1.82) is 0 Å². The van der Waals surface area contributed by atoms with E-state index in [2.05, 4.69) is 4.90 Å². The molecule has 4 nitrogen and oxygen atoms in total. The zero-order valence-corrected chi connectivity index (χ0v) is 13.9. The quantitative estimate of drug-likeness (QED) is 0.865. The average Bonchev–Trinajstić information content (AvgIpc) is 2.61. The number of rotatable bonds is 4. The average molecular weight is 328 g/mol. The van der Waals surface area contributed by atoms with Gasteiger partial charge in [-0.2, -0.15) is 0 Å². The predicted molar refractivity (Wildman–Crippen MR) is 91.6 cm³/mol. The van der Waals surface area contributed by atoms with Crippen LogP contribution in [-0.2, 0) is 11.3 Å². The zero-order valence-electron chi connectivity index (χ0n) is 13.9. The summed E-state index contributed by atoms with van der Waals surface area (Å²) in [5.41, 5.74) is 1.48. The molecule has 1 aliphatic rings. The molecule has 5 heteroatoms. The van der Waals surface area contributed by atoms with Crippen molar-refractivity contribution in [3.8, 4) is 5.75 Å². The lowest BCUT2D eigenvalue weighted by Gasteiger charge is -2.39. The first-order chi connectivity index (χ1) is 11.6. The minimum absolute atomic E-state index is 0.0696. The molecule has 1 saturated heterocycles. The van der Waals surface area contributed by atoms with Gasteiger partial charge in [-0.15, -0.1) is 0 Å². The Bertz CT molecular complexity index is 718. The first kappa shape index (κ1) is 16.5. The van der Waals surface area contributed by atoms with Gasteiger partial charge in [-0.1, -0.05) is 24.3 Å². The number of amides is 1. The SMILES string of the molecule is COc1ccc(CN2CCN(c3ccccc3F)C(=O)C2C)cc1. The maximum absolute atomic E-state index is 14.0. The van der Waals surface area contributed by atoms with E-state index in [0.717, 1.165) is 11.3 Å². The summed E-state index contributed by atoms with van der Waals surface area (Å²) in [6, 6.07) is 14.0. The minimum Gasteiger partial charge on any atom is -0.497 e. The van der Waals surface area contributed by atoms with Crippen LogP contribution in [0, 0.1) is 5.82 Å². The maximum atomic E-state index is 14.0. The van der Waals surface area contributed by atoms with E-state index in [9.17, 15) is 9.18 Å². The van der Waals surface area contributed by atoms with Gasteiger partial charge in [-0.25, -0.2) is 4.39 Å². The number of benzene rings is 2. The minimum atomic E-state index is -0.360. The number of carbonyl (C=O) groups excluding carboxylic acids is 1. The first-order valence-corrected chi connectivity index (χ1v) is 8.03. The smallest absolute Gasteiger partial charge is 0.244 e. The van der Waals surface area contributed by atoms with Gasteiger partial charge in [0.15, 0.2) is 0 Å². The molecule has 0 spiro atoms. The summed E-state index contributed by atoms with van der Waals surface area (Å²) in [6.45, 7) is 3.74. The van der Waals surface area contributed by atoms with Crippen LogP contribution in [0.4, 0.5) is 10.1 Å². The molecule has 2 aromatic carbocycles. The Kier molecular flexibility index (Phi) is 4.81. The molecule has 1 atom stereocenters. The molecule has 1 aliphatic heterocycles. The molecule has 1 amide bonds. The summed E-state index contributed by atoms with van der Waals surface area (Å²) in [7, 11) is 1.64. The second kappa shape index (κ2) is 7.01. The lowest BCUT2D eigenvalue weighted by molar-refractivity contribution is -0.125. The van der Waals surface area contributed by atoms with E-state index in [4.69, 9.17) is 4.74 Å². The number of hydrogen-bond donors (Lipinski definition) is 0. The highest BCUT2D eigenvalue weighted by Crippen LogP contribution is 2.24.